The quantitative estimate of drug-likeness (QED) is 0.467. The first-order valence-electron chi connectivity index (χ1n) is 6.59. The number of carbonyl (C=O) groups excluding carboxylic acids is 1. The SMILES string of the molecule is CSc1ncc(Cl)c(C(=O)NCCNc2ccc(C#N)cn2)n1. The molecule has 23 heavy (non-hydrogen) atoms. The van der Waals surface area contributed by atoms with Crippen LogP contribution < -0.4 is 10.6 Å². The summed E-state index contributed by atoms with van der Waals surface area (Å²) in [7, 11) is 0. The number of halogens is 1. The van der Waals surface area contributed by atoms with Crippen molar-refractivity contribution in [1.29, 1.82) is 5.26 Å². The summed E-state index contributed by atoms with van der Waals surface area (Å²) in [5, 5.41) is 15.1. The van der Waals surface area contributed by atoms with Gasteiger partial charge in [0.1, 0.15) is 11.9 Å². The van der Waals surface area contributed by atoms with Gasteiger partial charge in [0.2, 0.25) is 0 Å². The lowest BCUT2D eigenvalue weighted by Crippen LogP contribution is -2.30. The number of anilines is 1. The summed E-state index contributed by atoms with van der Waals surface area (Å²) in [6.07, 6.45) is 4.71. The van der Waals surface area contributed by atoms with Gasteiger partial charge in [0.05, 0.1) is 16.8 Å². The van der Waals surface area contributed by atoms with Crippen LogP contribution in [0.4, 0.5) is 5.82 Å². The van der Waals surface area contributed by atoms with E-state index in [4.69, 9.17) is 16.9 Å². The predicted molar refractivity (Wildman–Crippen MR) is 88.6 cm³/mol. The van der Waals surface area contributed by atoms with Gasteiger partial charge in [0, 0.05) is 19.3 Å². The lowest BCUT2D eigenvalue weighted by molar-refractivity contribution is 0.0949. The molecule has 7 nitrogen and oxygen atoms in total. The van der Waals surface area contributed by atoms with E-state index in [1.807, 2.05) is 12.3 Å². The Labute approximate surface area is 142 Å². The van der Waals surface area contributed by atoms with E-state index in [9.17, 15) is 4.79 Å². The first kappa shape index (κ1) is 17.0. The highest BCUT2D eigenvalue weighted by molar-refractivity contribution is 7.98. The van der Waals surface area contributed by atoms with Crippen molar-refractivity contribution in [2.45, 2.75) is 5.16 Å². The maximum atomic E-state index is 12.1. The number of hydrogen-bond acceptors (Lipinski definition) is 7. The zero-order valence-corrected chi connectivity index (χ0v) is 13.8. The van der Waals surface area contributed by atoms with E-state index >= 15 is 0 Å². The van der Waals surface area contributed by atoms with Gasteiger partial charge in [-0.1, -0.05) is 23.4 Å². The van der Waals surface area contributed by atoms with Gasteiger partial charge in [0.15, 0.2) is 10.9 Å². The normalized spacial score (nSPS) is 9.96. The van der Waals surface area contributed by atoms with Crippen molar-refractivity contribution in [3.63, 3.8) is 0 Å². The van der Waals surface area contributed by atoms with E-state index in [0.29, 0.717) is 29.6 Å². The van der Waals surface area contributed by atoms with E-state index in [-0.39, 0.29) is 16.6 Å². The Morgan fingerprint density at radius 1 is 1.35 bits per heavy atom. The highest BCUT2D eigenvalue weighted by atomic mass is 35.5. The molecule has 0 aliphatic carbocycles. The second kappa shape index (κ2) is 8.31. The van der Waals surface area contributed by atoms with Crippen molar-refractivity contribution in [2.75, 3.05) is 24.7 Å². The molecular formula is C14H13ClN6OS. The number of nitriles is 1. The highest BCUT2D eigenvalue weighted by Gasteiger charge is 2.13. The van der Waals surface area contributed by atoms with Crippen molar-refractivity contribution in [2.24, 2.45) is 0 Å². The second-order valence-corrected chi connectivity index (χ2v) is 5.46. The molecule has 118 valence electrons. The molecule has 0 saturated heterocycles. The molecular weight excluding hydrogens is 336 g/mol. The van der Waals surface area contributed by atoms with Crippen LogP contribution in [-0.2, 0) is 0 Å². The summed E-state index contributed by atoms with van der Waals surface area (Å²) < 4.78 is 0. The zero-order chi connectivity index (χ0) is 16.7. The van der Waals surface area contributed by atoms with Crippen LogP contribution in [0.25, 0.3) is 0 Å². The summed E-state index contributed by atoms with van der Waals surface area (Å²) >= 11 is 7.27. The Balaban J connectivity index is 1.84. The second-order valence-electron chi connectivity index (χ2n) is 4.28. The Morgan fingerprint density at radius 2 is 2.17 bits per heavy atom. The third kappa shape index (κ3) is 4.81. The number of aromatic nitrogens is 3. The Morgan fingerprint density at radius 3 is 2.83 bits per heavy atom. The van der Waals surface area contributed by atoms with Gasteiger partial charge in [-0.25, -0.2) is 15.0 Å². The van der Waals surface area contributed by atoms with Gasteiger partial charge in [-0.3, -0.25) is 4.79 Å². The van der Waals surface area contributed by atoms with Crippen molar-refractivity contribution < 1.29 is 4.79 Å². The van der Waals surface area contributed by atoms with Gasteiger partial charge in [-0.15, -0.1) is 0 Å². The summed E-state index contributed by atoms with van der Waals surface area (Å²) in [4.78, 5) is 24.2. The van der Waals surface area contributed by atoms with E-state index < -0.39 is 0 Å². The Hall–Kier alpha value is -2.37. The van der Waals surface area contributed by atoms with Crippen LogP contribution in [0, 0.1) is 11.3 Å². The van der Waals surface area contributed by atoms with E-state index in [2.05, 4.69) is 25.6 Å². The fraction of sp³-hybridized carbons (Fsp3) is 0.214. The molecule has 0 spiro atoms. The first-order valence-corrected chi connectivity index (χ1v) is 8.19. The number of amides is 1. The lowest BCUT2D eigenvalue weighted by Gasteiger charge is -2.08. The first-order chi connectivity index (χ1) is 11.1. The summed E-state index contributed by atoms with van der Waals surface area (Å²) in [6, 6.07) is 5.36. The van der Waals surface area contributed by atoms with Gasteiger partial charge < -0.3 is 10.6 Å². The van der Waals surface area contributed by atoms with Gasteiger partial charge in [0.25, 0.3) is 5.91 Å². The van der Waals surface area contributed by atoms with Crippen LogP contribution >= 0.6 is 23.4 Å². The van der Waals surface area contributed by atoms with Gasteiger partial charge >= 0.3 is 0 Å². The molecule has 2 aromatic heterocycles. The van der Waals surface area contributed by atoms with Crippen LogP contribution in [0.1, 0.15) is 16.1 Å². The number of carbonyl (C=O) groups is 1. The fourth-order valence-corrected chi connectivity index (χ4v) is 2.14. The van der Waals surface area contributed by atoms with E-state index in [0.717, 1.165) is 0 Å². The van der Waals surface area contributed by atoms with E-state index in [1.165, 1.54) is 24.2 Å². The van der Waals surface area contributed by atoms with Crippen LogP contribution in [0.5, 0.6) is 0 Å². The maximum absolute atomic E-state index is 12.1. The van der Waals surface area contributed by atoms with Crippen LogP contribution in [-0.4, -0.2) is 40.2 Å². The molecule has 0 aliphatic heterocycles. The summed E-state index contributed by atoms with van der Waals surface area (Å²) in [6.45, 7) is 0.845. The number of thioether (sulfide) groups is 1. The molecule has 0 fully saturated rings. The lowest BCUT2D eigenvalue weighted by atomic mass is 10.3. The molecule has 0 bridgehead atoms. The molecule has 2 rings (SSSR count). The average Bonchev–Trinajstić information content (AvgIpc) is 2.59. The molecule has 2 N–H and O–H groups in total. The molecule has 2 heterocycles. The number of hydrogen-bond donors (Lipinski definition) is 2. The average molecular weight is 349 g/mol. The van der Waals surface area contributed by atoms with Gasteiger partial charge in [-0.05, 0) is 18.4 Å². The molecule has 0 saturated carbocycles. The predicted octanol–water partition coefficient (Wildman–Crippen LogP) is 1.96. The molecule has 0 aliphatic rings. The number of pyridine rings is 1. The van der Waals surface area contributed by atoms with Crippen molar-refractivity contribution in [1.82, 2.24) is 20.3 Å². The third-order valence-corrected chi connectivity index (χ3v) is 3.57. The maximum Gasteiger partial charge on any atom is 0.271 e. The van der Waals surface area contributed by atoms with Gasteiger partial charge in [-0.2, -0.15) is 5.26 Å². The molecule has 1 amide bonds. The minimum Gasteiger partial charge on any atom is -0.368 e. The smallest absolute Gasteiger partial charge is 0.271 e. The van der Waals surface area contributed by atoms with Crippen molar-refractivity contribution >= 4 is 35.1 Å². The number of rotatable bonds is 6. The number of nitrogens with zero attached hydrogens (tertiary/aromatic N) is 4. The zero-order valence-electron chi connectivity index (χ0n) is 12.2. The molecule has 0 atom stereocenters. The minimum atomic E-state index is -0.359. The fourth-order valence-electron chi connectivity index (χ4n) is 1.62. The molecule has 2 aromatic rings. The molecule has 0 radical (unpaired) electrons. The van der Waals surface area contributed by atoms with Crippen LogP contribution in [0.2, 0.25) is 5.02 Å². The van der Waals surface area contributed by atoms with Crippen LogP contribution in [0.15, 0.2) is 29.7 Å². The standard InChI is InChI=1S/C14H13ClN6OS/c1-23-14-20-8-10(15)12(21-14)13(22)18-5-4-17-11-3-2-9(6-16)7-19-11/h2-3,7-8H,4-5H2,1H3,(H,17,19)(H,18,22). The number of nitrogens with one attached hydrogen (secondary N) is 2. The molecule has 9 heteroatoms. The Kier molecular flexibility index (Phi) is 6.14. The van der Waals surface area contributed by atoms with Crippen molar-refractivity contribution in [3.05, 3.63) is 40.8 Å². The third-order valence-electron chi connectivity index (χ3n) is 2.73. The topological polar surface area (TPSA) is 104 Å². The monoisotopic (exact) mass is 348 g/mol. The summed E-state index contributed by atoms with van der Waals surface area (Å²) in [5.41, 5.74) is 0.648. The minimum absolute atomic E-state index is 0.155. The van der Waals surface area contributed by atoms with E-state index in [1.54, 1.807) is 12.1 Å². The Bertz CT molecular complexity index is 731. The molecule has 0 aromatic carbocycles. The highest BCUT2D eigenvalue weighted by Crippen LogP contribution is 2.16. The summed E-state index contributed by atoms with van der Waals surface area (Å²) in [5.74, 6) is 0.269. The van der Waals surface area contributed by atoms with Crippen LogP contribution in [0.3, 0.4) is 0 Å². The molecule has 0 unspecified atom stereocenters. The largest absolute Gasteiger partial charge is 0.368 e. The van der Waals surface area contributed by atoms with Crippen molar-refractivity contribution in [3.8, 4) is 6.07 Å².